The predicted octanol–water partition coefficient (Wildman–Crippen LogP) is 0.357. The molecule has 66 valence electrons. The quantitative estimate of drug-likeness (QED) is 0.280. The molecule has 0 aliphatic rings. The second-order valence-electron chi connectivity index (χ2n) is 3.33. The highest BCUT2D eigenvalue weighted by Gasteiger charge is 2.38. The van der Waals surface area contributed by atoms with Crippen LogP contribution in [0.2, 0.25) is 0 Å². The van der Waals surface area contributed by atoms with E-state index >= 15 is 0 Å². The van der Waals surface area contributed by atoms with Crippen molar-refractivity contribution >= 4 is 17.5 Å². The Kier molecular flexibility index (Phi) is 2.87. The second-order valence-corrected chi connectivity index (χ2v) is 3.33. The van der Waals surface area contributed by atoms with Gasteiger partial charge in [0.1, 0.15) is 0 Å². The SMILES string of the molecule is CC(C)(C)C(=[N+]=[N-])C(=O)C(=O)O. The second kappa shape index (κ2) is 3.28. The minimum absolute atomic E-state index is 0.352. The molecule has 0 aromatic heterocycles. The Bertz CT molecular complexity index is 269. The van der Waals surface area contributed by atoms with Crippen LogP contribution >= 0.6 is 0 Å². The molecule has 0 spiro atoms. The van der Waals surface area contributed by atoms with Crippen LogP contribution < -0.4 is 0 Å². The maximum absolute atomic E-state index is 10.8. The number of hydrogen-bond acceptors (Lipinski definition) is 2. The Balaban J connectivity index is 4.99. The number of carboxylic acids is 1. The monoisotopic (exact) mass is 170 g/mol. The van der Waals surface area contributed by atoms with Crippen LogP contribution in [0.25, 0.3) is 5.53 Å². The molecule has 0 saturated heterocycles. The van der Waals surface area contributed by atoms with Crippen LogP contribution in [0.1, 0.15) is 20.8 Å². The van der Waals surface area contributed by atoms with E-state index in [0.29, 0.717) is 0 Å². The largest absolute Gasteiger partial charge is 0.475 e. The van der Waals surface area contributed by atoms with Gasteiger partial charge in [-0.25, -0.2) is 4.79 Å². The topological polar surface area (TPSA) is 90.8 Å². The molecule has 0 atom stereocenters. The third-order valence-corrected chi connectivity index (χ3v) is 1.22. The molecule has 5 nitrogen and oxygen atoms in total. The molecule has 1 N–H and O–H groups in total. The van der Waals surface area contributed by atoms with Gasteiger partial charge in [-0.2, -0.15) is 4.79 Å². The minimum Gasteiger partial charge on any atom is -0.475 e. The Labute approximate surface area is 69.6 Å². The van der Waals surface area contributed by atoms with Crippen molar-refractivity contribution in [2.75, 3.05) is 0 Å². The van der Waals surface area contributed by atoms with Gasteiger partial charge in [0.2, 0.25) is 0 Å². The van der Waals surface area contributed by atoms with Crippen molar-refractivity contribution in [2.45, 2.75) is 20.8 Å². The molecule has 0 unspecified atom stereocenters. The van der Waals surface area contributed by atoms with E-state index in [0.717, 1.165) is 0 Å². The van der Waals surface area contributed by atoms with Crippen LogP contribution in [0, 0.1) is 5.41 Å². The molecule has 0 radical (unpaired) electrons. The molecular weight excluding hydrogens is 160 g/mol. The van der Waals surface area contributed by atoms with Gasteiger partial charge in [-0.05, 0) is 20.8 Å². The summed E-state index contributed by atoms with van der Waals surface area (Å²) >= 11 is 0. The zero-order chi connectivity index (χ0) is 9.94. The number of aliphatic carboxylic acids is 1. The van der Waals surface area contributed by atoms with Gasteiger partial charge in [-0.15, -0.1) is 0 Å². The summed E-state index contributed by atoms with van der Waals surface area (Å²) in [6.45, 7) is 4.76. The van der Waals surface area contributed by atoms with Crippen molar-refractivity contribution in [1.29, 1.82) is 0 Å². The summed E-state index contributed by atoms with van der Waals surface area (Å²) in [6, 6.07) is 0. The molecule has 0 saturated carbocycles. The average Bonchev–Trinajstić information content (AvgIpc) is 1.85. The number of hydrogen-bond donors (Lipinski definition) is 1. The van der Waals surface area contributed by atoms with Gasteiger partial charge in [0.05, 0.1) is 5.41 Å². The van der Waals surface area contributed by atoms with E-state index in [1.54, 1.807) is 20.8 Å². The minimum atomic E-state index is -1.61. The fraction of sp³-hybridized carbons (Fsp3) is 0.571. The molecule has 5 heteroatoms. The first-order valence-electron chi connectivity index (χ1n) is 3.31. The molecule has 0 aromatic carbocycles. The van der Waals surface area contributed by atoms with Crippen molar-refractivity contribution in [2.24, 2.45) is 5.41 Å². The Morgan fingerprint density at radius 1 is 1.33 bits per heavy atom. The maximum atomic E-state index is 10.8. The first-order chi connectivity index (χ1) is 5.30. The molecule has 0 rings (SSSR count). The Morgan fingerprint density at radius 2 is 1.75 bits per heavy atom. The van der Waals surface area contributed by atoms with Crippen molar-refractivity contribution < 1.29 is 19.5 Å². The highest BCUT2D eigenvalue weighted by molar-refractivity contribution is 6.62. The molecule has 0 aliphatic heterocycles. The van der Waals surface area contributed by atoms with Crippen LogP contribution in [0.3, 0.4) is 0 Å². The zero-order valence-corrected chi connectivity index (χ0v) is 7.16. The van der Waals surface area contributed by atoms with Gasteiger partial charge < -0.3 is 10.6 Å². The number of ketones is 1. The van der Waals surface area contributed by atoms with E-state index in [9.17, 15) is 9.59 Å². The molecular formula is C7H10N2O3. The summed E-state index contributed by atoms with van der Waals surface area (Å²) in [4.78, 5) is 23.7. The smallest absolute Gasteiger partial charge is 0.384 e. The highest BCUT2D eigenvalue weighted by Crippen LogP contribution is 2.14. The summed E-state index contributed by atoms with van der Waals surface area (Å²) in [7, 11) is 0. The van der Waals surface area contributed by atoms with E-state index in [1.807, 2.05) is 0 Å². The molecule has 12 heavy (non-hydrogen) atoms. The van der Waals surface area contributed by atoms with E-state index in [-0.39, 0.29) is 5.71 Å². The van der Waals surface area contributed by atoms with E-state index in [2.05, 4.69) is 4.79 Å². The number of carbonyl (C=O) groups excluding carboxylic acids is 1. The van der Waals surface area contributed by atoms with Crippen LogP contribution in [0.5, 0.6) is 0 Å². The Morgan fingerprint density at radius 3 is 1.83 bits per heavy atom. The van der Waals surface area contributed by atoms with E-state index < -0.39 is 17.2 Å². The van der Waals surface area contributed by atoms with Gasteiger partial charge in [0.25, 0.3) is 0 Å². The summed E-state index contributed by atoms with van der Waals surface area (Å²) < 4.78 is 0. The summed E-state index contributed by atoms with van der Waals surface area (Å²) in [5.41, 5.74) is 7.27. The molecule has 0 bridgehead atoms. The molecule has 0 fully saturated rings. The fourth-order valence-corrected chi connectivity index (χ4v) is 0.637. The van der Waals surface area contributed by atoms with Gasteiger partial charge in [-0.3, -0.25) is 4.79 Å². The molecule has 0 amide bonds. The number of carbonyl (C=O) groups is 2. The van der Waals surface area contributed by atoms with Crippen molar-refractivity contribution in [3.8, 4) is 0 Å². The average molecular weight is 170 g/mol. The molecule has 0 heterocycles. The zero-order valence-electron chi connectivity index (χ0n) is 7.16. The number of nitrogens with zero attached hydrogens (tertiary/aromatic N) is 2. The lowest BCUT2D eigenvalue weighted by atomic mass is 9.87. The third kappa shape index (κ3) is 2.29. The maximum Gasteiger partial charge on any atom is 0.384 e. The van der Waals surface area contributed by atoms with E-state index in [4.69, 9.17) is 10.6 Å². The van der Waals surface area contributed by atoms with Crippen LogP contribution in [-0.4, -0.2) is 27.4 Å². The lowest BCUT2D eigenvalue weighted by Gasteiger charge is -2.08. The number of Topliss-reactive ketones (excluding diaryl/α,β-unsaturated/α-hetero) is 1. The van der Waals surface area contributed by atoms with Gasteiger partial charge >= 0.3 is 17.5 Å². The van der Waals surface area contributed by atoms with E-state index in [1.165, 1.54) is 0 Å². The summed E-state index contributed by atoms with van der Waals surface area (Å²) in [6.07, 6.45) is 0. The fourth-order valence-electron chi connectivity index (χ4n) is 0.637. The van der Waals surface area contributed by atoms with Crippen LogP contribution in [-0.2, 0) is 9.59 Å². The van der Waals surface area contributed by atoms with Crippen LogP contribution in [0.4, 0.5) is 0 Å². The lowest BCUT2D eigenvalue weighted by molar-refractivity contribution is -0.148. The standard InChI is InChI=1S/C7H10N2O3/c1-7(2,3)5(9-8)4(10)6(11)12/h1-3H3,(H,11,12). The van der Waals surface area contributed by atoms with Gasteiger partial charge in [0.15, 0.2) is 0 Å². The normalized spacial score (nSPS) is 10.2. The molecule has 0 aliphatic carbocycles. The summed E-state index contributed by atoms with van der Waals surface area (Å²) in [5.74, 6) is -2.79. The number of rotatable bonds is 2. The van der Waals surface area contributed by atoms with Crippen molar-refractivity contribution in [3.05, 3.63) is 5.53 Å². The van der Waals surface area contributed by atoms with Crippen LogP contribution in [0.15, 0.2) is 0 Å². The predicted molar refractivity (Wildman–Crippen MR) is 40.7 cm³/mol. The van der Waals surface area contributed by atoms with Gasteiger partial charge in [-0.1, -0.05) is 0 Å². The summed E-state index contributed by atoms with van der Waals surface area (Å²) in [5, 5.41) is 8.31. The highest BCUT2D eigenvalue weighted by atomic mass is 16.4. The number of carboxylic acid groups (broad SMARTS) is 1. The third-order valence-electron chi connectivity index (χ3n) is 1.22. The lowest BCUT2D eigenvalue weighted by Crippen LogP contribution is -2.34. The molecule has 0 aromatic rings. The Hall–Kier alpha value is -1.48. The first kappa shape index (κ1) is 10.5. The first-order valence-corrected chi connectivity index (χ1v) is 3.31. The van der Waals surface area contributed by atoms with Gasteiger partial charge in [0, 0.05) is 0 Å². The van der Waals surface area contributed by atoms with Crippen molar-refractivity contribution in [3.63, 3.8) is 0 Å². The van der Waals surface area contributed by atoms with Crippen molar-refractivity contribution in [1.82, 2.24) is 0 Å².